The molecule has 0 aliphatic heterocycles. The molecule has 1 N–H and O–H groups in total. The lowest BCUT2D eigenvalue weighted by Gasteiger charge is -2.14. The van der Waals surface area contributed by atoms with Gasteiger partial charge in [-0.1, -0.05) is 19.4 Å². The van der Waals surface area contributed by atoms with Crippen LogP contribution in [0.3, 0.4) is 0 Å². The number of rotatable bonds is 7. The summed E-state index contributed by atoms with van der Waals surface area (Å²) in [4.78, 5) is 10.5. The summed E-state index contributed by atoms with van der Waals surface area (Å²) in [5, 5.41) is 14.0. The Balaban J connectivity index is 2.95. The van der Waals surface area contributed by atoms with Crippen LogP contribution in [0.4, 0.5) is 5.69 Å². The zero-order valence-electron chi connectivity index (χ0n) is 11.1. The van der Waals surface area contributed by atoms with Gasteiger partial charge in [-0.2, -0.15) is 0 Å². The molecular weight excluding hydrogens is 232 g/mol. The van der Waals surface area contributed by atoms with E-state index in [1.165, 1.54) is 6.07 Å². The van der Waals surface area contributed by atoms with Crippen molar-refractivity contribution in [1.29, 1.82) is 0 Å². The number of nitro groups is 1. The van der Waals surface area contributed by atoms with Crippen molar-refractivity contribution in [3.05, 3.63) is 33.9 Å². The van der Waals surface area contributed by atoms with Crippen LogP contribution in [0.1, 0.15) is 32.3 Å². The van der Waals surface area contributed by atoms with Gasteiger partial charge in [-0.3, -0.25) is 10.1 Å². The monoisotopic (exact) mass is 252 g/mol. The second kappa shape index (κ2) is 6.96. The van der Waals surface area contributed by atoms with E-state index >= 15 is 0 Å². The smallest absolute Gasteiger partial charge is 0.310 e. The Morgan fingerprint density at radius 1 is 1.50 bits per heavy atom. The van der Waals surface area contributed by atoms with E-state index in [1.54, 1.807) is 12.1 Å². The number of nitrogens with zero attached hydrogens (tertiary/aromatic N) is 1. The normalized spacial score (nSPS) is 12.2. The van der Waals surface area contributed by atoms with Crippen molar-refractivity contribution in [1.82, 2.24) is 5.32 Å². The van der Waals surface area contributed by atoms with Gasteiger partial charge in [0.1, 0.15) is 0 Å². The van der Waals surface area contributed by atoms with E-state index in [2.05, 4.69) is 12.2 Å². The van der Waals surface area contributed by atoms with Crippen LogP contribution < -0.4 is 10.1 Å². The molecule has 1 aromatic rings. The number of nitrogens with one attached hydrogen (secondary N) is 1. The molecule has 5 heteroatoms. The second-order valence-corrected chi connectivity index (χ2v) is 4.31. The zero-order chi connectivity index (χ0) is 13.5. The van der Waals surface area contributed by atoms with E-state index < -0.39 is 4.92 Å². The highest BCUT2D eigenvalue weighted by Crippen LogP contribution is 2.29. The van der Waals surface area contributed by atoms with Gasteiger partial charge in [-0.25, -0.2) is 0 Å². The molecule has 0 heterocycles. The van der Waals surface area contributed by atoms with Gasteiger partial charge in [0.2, 0.25) is 0 Å². The zero-order valence-corrected chi connectivity index (χ0v) is 11.1. The highest BCUT2D eigenvalue weighted by atomic mass is 16.6. The molecule has 100 valence electrons. The van der Waals surface area contributed by atoms with Crippen LogP contribution in [0.15, 0.2) is 18.2 Å². The van der Waals surface area contributed by atoms with Crippen molar-refractivity contribution >= 4 is 5.69 Å². The summed E-state index contributed by atoms with van der Waals surface area (Å²) in [5.41, 5.74) is 1.000. The third kappa shape index (κ3) is 4.00. The van der Waals surface area contributed by atoms with Gasteiger partial charge in [0, 0.05) is 12.6 Å². The van der Waals surface area contributed by atoms with E-state index in [-0.39, 0.29) is 11.8 Å². The standard InChI is InChI=1S/C13H20N2O3/c1-4-5-10(2)18-13-8-11(9-14-3)6-7-12(13)15(16)17/h6-8,10,14H,4-5,9H2,1-3H3. The van der Waals surface area contributed by atoms with E-state index in [9.17, 15) is 10.1 Å². The van der Waals surface area contributed by atoms with Crippen LogP contribution in [0.5, 0.6) is 5.75 Å². The molecule has 1 atom stereocenters. The number of nitro benzene ring substituents is 1. The third-order valence-corrected chi connectivity index (χ3v) is 2.63. The summed E-state index contributed by atoms with van der Waals surface area (Å²) in [6.45, 7) is 4.65. The average Bonchev–Trinajstić information content (AvgIpc) is 2.29. The van der Waals surface area contributed by atoms with Crippen LogP contribution in [0.25, 0.3) is 0 Å². The highest BCUT2D eigenvalue weighted by Gasteiger charge is 2.17. The van der Waals surface area contributed by atoms with Gasteiger partial charge in [0.15, 0.2) is 5.75 Å². The van der Waals surface area contributed by atoms with Crippen molar-refractivity contribution in [3.8, 4) is 5.75 Å². The van der Waals surface area contributed by atoms with Crippen molar-refractivity contribution in [2.24, 2.45) is 0 Å². The number of ether oxygens (including phenoxy) is 1. The maximum atomic E-state index is 10.9. The molecule has 1 rings (SSSR count). The minimum atomic E-state index is -0.406. The lowest BCUT2D eigenvalue weighted by molar-refractivity contribution is -0.386. The molecule has 0 aromatic heterocycles. The van der Waals surface area contributed by atoms with Crippen molar-refractivity contribution in [2.45, 2.75) is 39.3 Å². The maximum Gasteiger partial charge on any atom is 0.310 e. The molecule has 0 amide bonds. The predicted octanol–water partition coefficient (Wildman–Crippen LogP) is 2.88. The molecule has 0 radical (unpaired) electrons. The Hall–Kier alpha value is -1.62. The molecule has 1 unspecified atom stereocenters. The van der Waals surface area contributed by atoms with E-state index in [0.717, 1.165) is 18.4 Å². The molecule has 0 aliphatic rings. The van der Waals surface area contributed by atoms with Crippen molar-refractivity contribution < 1.29 is 9.66 Å². The minimum Gasteiger partial charge on any atom is -0.484 e. The van der Waals surface area contributed by atoms with Gasteiger partial charge >= 0.3 is 5.69 Å². The minimum absolute atomic E-state index is 0.0152. The molecule has 0 spiro atoms. The molecule has 0 fully saturated rings. The fourth-order valence-corrected chi connectivity index (χ4v) is 1.80. The molecule has 0 saturated heterocycles. The van der Waals surface area contributed by atoms with E-state index in [4.69, 9.17) is 4.74 Å². The number of hydrogen-bond donors (Lipinski definition) is 1. The van der Waals surface area contributed by atoms with Crippen LogP contribution in [0.2, 0.25) is 0 Å². The Morgan fingerprint density at radius 2 is 2.22 bits per heavy atom. The van der Waals surface area contributed by atoms with Crippen LogP contribution in [-0.2, 0) is 6.54 Å². The quantitative estimate of drug-likeness (QED) is 0.598. The summed E-state index contributed by atoms with van der Waals surface area (Å²) < 4.78 is 5.66. The SMILES string of the molecule is CCCC(C)Oc1cc(CNC)ccc1[N+](=O)[O-]. The largest absolute Gasteiger partial charge is 0.484 e. The highest BCUT2D eigenvalue weighted by molar-refractivity contribution is 5.48. The summed E-state index contributed by atoms with van der Waals surface area (Å²) in [6, 6.07) is 4.98. The molecule has 0 bridgehead atoms. The first-order valence-electron chi connectivity index (χ1n) is 6.17. The Bertz CT molecular complexity index is 407. The van der Waals surface area contributed by atoms with Gasteiger partial charge in [-0.05, 0) is 32.0 Å². The topological polar surface area (TPSA) is 64.4 Å². The first-order valence-corrected chi connectivity index (χ1v) is 6.17. The Kier molecular flexibility index (Phi) is 5.58. The van der Waals surface area contributed by atoms with Crippen molar-refractivity contribution in [3.63, 3.8) is 0 Å². The van der Waals surface area contributed by atoms with Crippen LogP contribution in [-0.4, -0.2) is 18.1 Å². The average molecular weight is 252 g/mol. The van der Waals surface area contributed by atoms with Gasteiger partial charge in [-0.15, -0.1) is 0 Å². The predicted molar refractivity (Wildman–Crippen MR) is 70.9 cm³/mol. The summed E-state index contributed by atoms with van der Waals surface area (Å²) in [5.74, 6) is 0.355. The van der Waals surface area contributed by atoms with Crippen LogP contribution in [0, 0.1) is 10.1 Å². The maximum absolute atomic E-state index is 10.9. The molecule has 0 saturated carbocycles. The molecular formula is C13H20N2O3. The number of benzene rings is 1. The van der Waals surface area contributed by atoms with E-state index in [0.29, 0.717) is 12.3 Å². The summed E-state index contributed by atoms with van der Waals surface area (Å²) >= 11 is 0. The first-order chi connectivity index (χ1) is 8.58. The Labute approximate surface area is 107 Å². The summed E-state index contributed by atoms with van der Waals surface area (Å²) in [7, 11) is 1.83. The first kappa shape index (κ1) is 14.4. The van der Waals surface area contributed by atoms with Gasteiger partial charge in [0.05, 0.1) is 11.0 Å². The third-order valence-electron chi connectivity index (χ3n) is 2.63. The lowest BCUT2D eigenvalue weighted by atomic mass is 10.1. The Morgan fingerprint density at radius 3 is 2.78 bits per heavy atom. The van der Waals surface area contributed by atoms with Crippen LogP contribution >= 0.6 is 0 Å². The fourth-order valence-electron chi connectivity index (χ4n) is 1.80. The lowest BCUT2D eigenvalue weighted by Crippen LogP contribution is -2.13. The van der Waals surface area contributed by atoms with Gasteiger partial charge in [0.25, 0.3) is 0 Å². The summed E-state index contributed by atoms with van der Waals surface area (Å²) in [6.07, 6.45) is 1.86. The molecule has 18 heavy (non-hydrogen) atoms. The van der Waals surface area contributed by atoms with Gasteiger partial charge < -0.3 is 10.1 Å². The molecule has 0 aliphatic carbocycles. The van der Waals surface area contributed by atoms with E-state index in [1.807, 2.05) is 14.0 Å². The second-order valence-electron chi connectivity index (χ2n) is 4.31. The molecule has 5 nitrogen and oxygen atoms in total. The fraction of sp³-hybridized carbons (Fsp3) is 0.538. The molecule has 1 aromatic carbocycles. The van der Waals surface area contributed by atoms with Crippen molar-refractivity contribution in [2.75, 3.05) is 7.05 Å². The number of hydrogen-bond acceptors (Lipinski definition) is 4.